The lowest BCUT2D eigenvalue weighted by Crippen LogP contribution is -2.25. The maximum atomic E-state index is 12.8. The highest BCUT2D eigenvalue weighted by molar-refractivity contribution is 6.22. The van der Waals surface area contributed by atoms with E-state index in [-0.39, 0.29) is 23.1 Å². The molecule has 8 nitrogen and oxygen atoms in total. The Morgan fingerprint density at radius 3 is 1.84 bits per heavy atom. The maximum absolute atomic E-state index is 12.8. The molecule has 1 aliphatic carbocycles. The molecule has 0 saturated heterocycles. The summed E-state index contributed by atoms with van der Waals surface area (Å²) in [6.07, 6.45) is 0.924. The van der Waals surface area contributed by atoms with Gasteiger partial charge in [-0.1, -0.05) is 19.1 Å². The van der Waals surface area contributed by atoms with Gasteiger partial charge in [0, 0.05) is 6.08 Å². The highest BCUT2D eigenvalue weighted by Gasteiger charge is 2.33. The average molecular weight is 436 g/mol. The van der Waals surface area contributed by atoms with Gasteiger partial charge in [0.1, 0.15) is 11.5 Å². The number of hydrogen-bond donors (Lipinski definition) is 0. The number of carbonyl (C=O) groups excluding carboxylic acids is 4. The van der Waals surface area contributed by atoms with E-state index in [0.29, 0.717) is 11.5 Å². The topological polar surface area (TPSA) is 105 Å². The predicted molar refractivity (Wildman–Crippen MR) is 112 cm³/mol. The van der Waals surface area contributed by atoms with Crippen molar-refractivity contribution in [3.05, 3.63) is 82.8 Å². The average Bonchev–Trinajstić information content (AvgIpc) is 2.82. The largest absolute Gasteiger partial charge is 0.497 e. The van der Waals surface area contributed by atoms with Gasteiger partial charge in [0.05, 0.1) is 30.9 Å². The first-order valence-corrected chi connectivity index (χ1v) is 9.64. The fraction of sp³-hybridized carbons (Fsp3) is 0.167. The fourth-order valence-corrected chi connectivity index (χ4v) is 2.97. The summed E-state index contributed by atoms with van der Waals surface area (Å²) in [5.41, 5.74) is 0.219. The molecule has 2 aromatic carbocycles. The lowest BCUT2D eigenvalue weighted by molar-refractivity contribution is -0.119. The Kier molecular flexibility index (Phi) is 6.84. The molecular formula is C24H20O8. The van der Waals surface area contributed by atoms with Gasteiger partial charge < -0.3 is 18.9 Å². The van der Waals surface area contributed by atoms with Gasteiger partial charge >= 0.3 is 11.9 Å². The smallest absolute Gasteiger partial charge is 0.343 e. The number of ketones is 2. The van der Waals surface area contributed by atoms with Crippen molar-refractivity contribution in [1.29, 1.82) is 0 Å². The lowest BCUT2D eigenvalue weighted by atomic mass is 9.97. The van der Waals surface area contributed by atoms with Crippen molar-refractivity contribution in [2.45, 2.75) is 13.3 Å². The zero-order chi connectivity index (χ0) is 23.3. The zero-order valence-electron chi connectivity index (χ0n) is 17.7. The molecule has 0 heterocycles. The van der Waals surface area contributed by atoms with Crippen LogP contribution in [0.5, 0.6) is 11.5 Å². The standard InChI is InChI=1S/C24H20O8/c1-4-18-21(26)20(31-23(27)14-7-5-9-16(11-14)29-2)13-19(25)22(18)32-24(28)15-8-6-10-17(12-15)30-3/h5-13H,4H2,1-3H3. The number of methoxy groups -OCH3 is 2. The van der Waals surface area contributed by atoms with Gasteiger partial charge in [0.15, 0.2) is 11.5 Å². The Labute approximate surface area is 184 Å². The van der Waals surface area contributed by atoms with Gasteiger partial charge in [0.25, 0.3) is 0 Å². The molecule has 0 spiro atoms. The number of ether oxygens (including phenoxy) is 4. The molecule has 3 rings (SSSR count). The number of allylic oxidation sites excluding steroid dienone is 2. The van der Waals surface area contributed by atoms with E-state index in [2.05, 4.69) is 0 Å². The van der Waals surface area contributed by atoms with Crippen LogP contribution in [-0.2, 0) is 19.1 Å². The summed E-state index contributed by atoms with van der Waals surface area (Å²) in [5, 5.41) is 0. The molecular weight excluding hydrogens is 416 g/mol. The molecule has 0 amide bonds. The first-order chi connectivity index (χ1) is 15.4. The highest BCUT2D eigenvalue weighted by atomic mass is 16.6. The normalized spacial score (nSPS) is 13.4. The van der Waals surface area contributed by atoms with E-state index in [0.717, 1.165) is 6.08 Å². The minimum Gasteiger partial charge on any atom is -0.497 e. The van der Waals surface area contributed by atoms with Gasteiger partial charge in [-0.15, -0.1) is 0 Å². The molecule has 0 N–H and O–H groups in total. The number of rotatable bonds is 7. The van der Waals surface area contributed by atoms with Crippen LogP contribution in [0.3, 0.4) is 0 Å². The van der Waals surface area contributed by atoms with E-state index < -0.39 is 35.0 Å². The van der Waals surface area contributed by atoms with Crippen LogP contribution in [0.25, 0.3) is 0 Å². The molecule has 0 aromatic heterocycles. The number of carbonyl (C=O) groups is 4. The van der Waals surface area contributed by atoms with Gasteiger partial charge in [0.2, 0.25) is 11.6 Å². The van der Waals surface area contributed by atoms with Crippen LogP contribution in [0, 0.1) is 0 Å². The minimum absolute atomic E-state index is 0.0674. The summed E-state index contributed by atoms with van der Waals surface area (Å²) < 4.78 is 20.5. The Morgan fingerprint density at radius 2 is 1.34 bits per heavy atom. The van der Waals surface area contributed by atoms with Crippen molar-refractivity contribution in [3.8, 4) is 11.5 Å². The summed E-state index contributed by atoms with van der Waals surface area (Å²) in [7, 11) is 2.90. The van der Waals surface area contributed by atoms with E-state index in [1.165, 1.54) is 38.5 Å². The molecule has 1 aliphatic rings. The van der Waals surface area contributed by atoms with E-state index in [9.17, 15) is 19.2 Å². The molecule has 0 atom stereocenters. The molecule has 0 unspecified atom stereocenters. The second kappa shape index (κ2) is 9.74. The Bertz CT molecular complexity index is 1160. The molecule has 0 bridgehead atoms. The van der Waals surface area contributed by atoms with Crippen molar-refractivity contribution in [3.63, 3.8) is 0 Å². The van der Waals surface area contributed by atoms with Crippen LogP contribution in [0.15, 0.2) is 71.7 Å². The van der Waals surface area contributed by atoms with E-state index in [1.807, 2.05) is 0 Å². The summed E-state index contributed by atoms with van der Waals surface area (Å²) in [4.78, 5) is 50.4. The van der Waals surface area contributed by atoms with Crippen LogP contribution in [0.1, 0.15) is 34.1 Å². The van der Waals surface area contributed by atoms with Crippen LogP contribution >= 0.6 is 0 Å². The Balaban J connectivity index is 1.81. The molecule has 0 aliphatic heterocycles. The minimum atomic E-state index is -0.830. The van der Waals surface area contributed by atoms with Crippen molar-refractivity contribution in [1.82, 2.24) is 0 Å². The van der Waals surface area contributed by atoms with Crippen molar-refractivity contribution >= 4 is 23.5 Å². The van der Waals surface area contributed by atoms with E-state index >= 15 is 0 Å². The second-order valence-corrected chi connectivity index (χ2v) is 6.61. The van der Waals surface area contributed by atoms with E-state index in [4.69, 9.17) is 18.9 Å². The number of hydrogen-bond acceptors (Lipinski definition) is 8. The lowest BCUT2D eigenvalue weighted by Gasteiger charge is -2.17. The number of Topliss-reactive ketones (excluding diaryl/α,β-unsaturated/α-hetero) is 1. The first kappa shape index (κ1) is 22.5. The Morgan fingerprint density at radius 1 is 0.812 bits per heavy atom. The molecule has 32 heavy (non-hydrogen) atoms. The number of benzene rings is 2. The molecule has 0 radical (unpaired) electrons. The molecule has 0 saturated carbocycles. The van der Waals surface area contributed by atoms with Crippen molar-refractivity contribution in [2.75, 3.05) is 14.2 Å². The molecule has 2 aromatic rings. The third kappa shape index (κ3) is 4.75. The molecule has 0 fully saturated rings. The van der Waals surface area contributed by atoms with Crippen molar-refractivity contribution in [2.24, 2.45) is 0 Å². The predicted octanol–water partition coefficient (Wildman–Crippen LogP) is 3.42. The second-order valence-electron chi connectivity index (χ2n) is 6.61. The molecule has 8 heteroatoms. The van der Waals surface area contributed by atoms with Crippen LogP contribution in [-0.4, -0.2) is 37.7 Å². The Hall–Kier alpha value is -4.20. The van der Waals surface area contributed by atoms with Crippen LogP contribution in [0.4, 0.5) is 0 Å². The van der Waals surface area contributed by atoms with E-state index in [1.54, 1.807) is 31.2 Å². The first-order valence-electron chi connectivity index (χ1n) is 9.64. The van der Waals surface area contributed by atoms with Gasteiger partial charge in [-0.3, -0.25) is 9.59 Å². The summed E-state index contributed by atoms with van der Waals surface area (Å²) in [6.45, 7) is 1.62. The summed E-state index contributed by atoms with van der Waals surface area (Å²) in [6, 6.07) is 12.3. The third-order valence-corrected chi connectivity index (χ3v) is 4.62. The quantitative estimate of drug-likeness (QED) is 0.480. The van der Waals surface area contributed by atoms with Crippen LogP contribution in [0.2, 0.25) is 0 Å². The monoisotopic (exact) mass is 436 g/mol. The van der Waals surface area contributed by atoms with Crippen LogP contribution < -0.4 is 9.47 Å². The highest BCUT2D eigenvalue weighted by Crippen LogP contribution is 2.26. The fourth-order valence-electron chi connectivity index (χ4n) is 2.97. The van der Waals surface area contributed by atoms with Gasteiger partial charge in [-0.25, -0.2) is 9.59 Å². The SMILES string of the molecule is CCC1=C(OC(=O)c2cccc(OC)c2)C(=O)C=C(OC(=O)c2cccc(OC)c2)C1=O. The third-order valence-electron chi connectivity index (χ3n) is 4.62. The summed E-state index contributed by atoms with van der Waals surface area (Å²) >= 11 is 0. The van der Waals surface area contributed by atoms with Gasteiger partial charge in [-0.2, -0.15) is 0 Å². The summed E-state index contributed by atoms with van der Waals surface area (Å²) in [5.74, 6) is -3.10. The van der Waals surface area contributed by atoms with Crippen molar-refractivity contribution < 1.29 is 38.1 Å². The molecule has 164 valence electrons. The maximum Gasteiger partial charge on any atom is 0.343 e. The zero-order valence-corrected chi connectivity index (χ0v) is 17.7. The number of esters is 2. The van der Waals surface area contributed by atoms with Gasteiger partial charge in [-0.05, 0) is 42.8 Å².